The highest BCUT2D eigenvalue weighted by molar-refractivity contribution is 6.32. The lowest BCUT2D eigenvalue weighted by Gasteiger charge is -2.35. The standard InChI is InChI=1S/C18H26ClN3O4/c1-5-20-6-8-21(9-7-20)18(24)12-22(13(2)23)15-11-16(25-3)14(19)10-17(15)26-4/h10-11H,5-9,12H2,1-4H3. The Bertz CT molecular complexity index is 660. The van der Waals surface area contributed by atoms with E-state index in [4.69, 9.17) is 21.1 Å². The van der Waals surface area contributed by atoms with Crippen LogP contribution in [-0.4, -0.2) is 75.1 Å². The van der Waals surface area contributed by atoms with Gasteiger partial charge in [0.15, 0.2) is 0 Å². The predicted octanol–water partition coefficient (Wildman–Crippen LogP) is 1.87. The summed E-state index contributed by atoms with van der Waals surface area (Å²) >= 11 is 6.13. The maximum atomic E-state index is 12.7. The Labute approximate surface area is 159 Å². The SMILES string of the molecule is CCN1CCN(C(=O)CN(C(C)=O)c2cc(OC)c(Cl)cc2OC)CC1. The van der Waals surface area contributed by atoms with E-state index >= 15 is 0 Å². The summed E-state index contributed by atoms with van der Waals surface area (Å²) < 4.78 is 10.6. The molecule has 1 heterocycles. The normalized spacial score (nSPS) is 14.9. The minimum Gasteiger partial charge on any atom is -0.495 e. The lowest BCUT2D eigenvalue weighted by atomic mass is 10.2. The van der Waals surface area contributed by atoms with Crippen molar-refractivity contribution in [1.29, 1.82) is 0 Å². The third-order valence-electron chi connectivity index (χ3n) is 4.59. The zero-order valence-corrected chi connectivity index (χ0v) is 16.5. The minimum atomic E-state index is -0.256. The van der Waals surface area contributed by atoms with E-state index in [1.165, 1.54) is 26.0 Å². The molecule has 0 atom stereocenters. The molecule has 0 unspecified atom stereocenters. The Morgan fingerprint density at radius 3 is 2.23 bits per heavy atom. The summed E-state index contributed by atoms with van der Waals surface area (Å²) in [6, 6.07) is 3.20. The van der Waals surface area contributed by atoms with Gasteiger partial charge in [-0.3, -0.25) is 14.5 Å². The Hall–Kier alpha value is -1.99. The molecule has 1 saturated heterocycles. The van der Waals surface area contributed by atoms with Gasteiger partial charge in [0, 0.05) is 45.2 Å². The summed E-state index contributed by atoms with van der Waals surface area (Å²) in [6.45, 7) is 7.48. The van der Waals surface area contributed by atoms with E-state index in [0.29, 0.717) is 35.3 Å². The predicted molar refractivity (Wildman–Crippen MR) is 101 cm³/mol. The maximum Gasteiger partial charge on any atom is 0.242 e. The van der Waals surface area contributed by atoms with Crippen molar-refractivity contribution in [2.75, 3.05) is 58.4 Å². The van der Waals surface area contributed by atoms with E-state index in [0.717, 1.165) is 19.6 Å². The minimum absolute atomic E-state index is 0.0530. The highest BCUT2D eigenvalue weighted by Crippen LogP contribution is 2.38. The molecule has 2 rings (SSSR count). The van der Waals surface area contributed by atoms with Gasteiger partial charge in [0.05, 0.1) is 24.9 Å². The molecule has 1 fully saturated rings. The van der Waals surface area contributed by atoms with Gasteiger partial charge in [-0.15, -0.1) is 0 Å². The number of methoxy groups -OCH3 is 2. The number of hydrogen-bond acceptors (Lipinski definition) is 5. The number of ether oxygens (including phenoxy) is 2. The number of amides is 2. The van der Waals surface area contributed by atoms with Crippen LogP contribution in [0.25, 0.3) is 0 Å². The summed E-state index contributed by atoms with van der Waals surface area (Å²) in [7, 11) is 2.99. The fourth-order valence-corrected chi connectivity index (χ4v) is 3.20. The highest BCUT2D eigenvalue weighted by atomic mass is 35.5. The van der Waals surface area contributed by atoms with Crippen molar-refractivity contribution in [2.24, 2.45) is 0 Å². The van der Waals surface area contributed by atoms with Gasteiger partial charge in [0.2, 0.25) is 11.8 Å². The summed E-state index contributed by atoms with van der Waals surface area (Å²) in [4.78, 5) is 30.4. The molecule has 0 saturated carbocycles. The van der Waals surface area contributed by atoms with Gasteiger partial charge < -0.3 is 19.3 Å². The smallest absolute Gasteiger partial charge is 0.242 e. The van der Waals surface area contributed by atoms with Crippen LogP contribution in [0.4, 0.5) is 5.69 Å². The molecule has 0 aliphatic carbocycles. The molecule has 7 nitrogen and oxygen atoms in total. The number of carbonyl (C=O) groups is 2. The number of likely N-dealkylation sites (N-methyl/N-ethyl adjacent to an activating group) is 1. The van der Waals surface area contributed by atoms with Crippen molar-refractivity contribution in [3.8, 4) is 11.5 Å². The van der Waals surface area contributed by atoms with Gasteiger partial charge in [-0.2, -0.15) is 0 Å². The largest absolute Gasteiger partial charge is 0.495 e. The van der Waals surface area contributed by atoms with E-state index in [1.807, 2.05) is 0 Å². The van der Waals surface area contributed by atoms with Crippen molar-refractivity contribution >= 4 is 29.1 Å². The summed E-state index contributed by atoms with van der Waals surface area (Å²) in [5.41, 5.74) is 0.460. The first-order valence-corrected chi connectivity index (χ1v) is 8.98. The maximum absolute atomic E-state index is 12.7. The quantitative estimate of drug-likeness (QED) is 0.750. The average molecular weight is 384 g/mol. The van der Waals surface area contributed by atoms with Gasteiger partial charge >= 0.3 is 0 Å². The van der Waals surface area contributed by atoms with Crippen LogP contribution in [0.3, 0.4) is 0 Å². The van der Waals surface area contributed by atoms with E-state index in [2.05, 4.69) is 11.8 Å². The molecule has 0 spiro atoms. The Morgan fingerprint density at radius 2 is 1.73 bits per heavy atom. The van der Waals surface area contributed by atoms with E-state index in [1.54, 1.807) is 17.0 Å². The molecule has 0 aromatic heterocycles. The van der Waals surface area contributed by atoms with Crippen LogP contribution in [0.1, 0.15) is 13.8 Å². The number of halogens is 1. The van der Waals surface area contributed by atoms with Crippen LogP contribution in [0.2, 0.25) is 5.02 Å². The molecule has 0 N–H and O–H groups in total. The molecule has 2 amide bonds. The second-order valence-electron chi connectivity index (χ2n) is 6.08. The molecule has 1 aliphatic rings. The highest BCUT2D eigenvalue weighted by Gasteiger charge is 2.26. The van der Waals surface area contributed by atoms with Crippen molar-refractivity contribution < 1.29 is 19.1 Å². The van der Waals surface area contributed by atoms with Gasteiger partial charge in [-0.05, 0) is 6.54 Å². The second kappa shape index (κ2) is 9.09. The summed E-state index contributed by atoms with van der Waals surface area (Å²) in [5, 5.41) is 0.374. The first kappa shape index (κ1) is 20.3. The van der Waals surface area contributed by atoms with Gasteiger partial charge in [-0.25, -0.2) is 0 Å². The number of nitrogens with zero attached hydrogens (tertiary/aromatic N) is 3. The van der Waals surface area contributed by atoms with Crippen LogP contribution >= 0.6 is 11.6 Å². The first-order valence-electron chi connectivity index (χ1n) is 8.61. The van der Waals surface area contributed by atoms with Crippen LogP contribution in [0, 0.1) is 0 Å². The summed E-state index contributed by atoms with van der Waals surface area (Å²) in [5.74, 6) is 0.479. The molecule has 144 valence electrons. The van der Waals surface area contributed by atoms with Crippen LogP contribution in [0.15, 0.2) is 12.1 Å². The lowest BCUT2D eigenvalue weighted by Crippen LogP contribution is -2.51. The number of anilines is 1. The molecule has 0 radical (unpaired) electrons. The molecule has 1 aromatic rings. The molecular formula is C18H26ClN3O4. The zero-order valence-electron chi connectivity index (χ0n) is 15.7. The van der Waals surface area contributed by atoms with E-state index < -0.39 is 0 Å². The topological polar surface area (TPSA) is 62.3 Å². The number of piperazine rings is 1. The Balaban J connectivity index is 2.21. The fourth-order valence-electron chi connectivity index (χ4n) is 2.97. The van der Waals surface area contributed by atoms with E-state index in [-0.39, 0.29) is 18.4 Å². The third kappa shape index (κ3) is 4.59. The van der Waals surface area contributed by atoms with Crippen LogP contribution in [-0.2, 0) is 9.59 Å². The number of carbonyl (C=O) groups excluding carboxylic acids is 2. The van der Waals surface area contributed by atoms with Gasteiger partial charge in [0.25, 0.3) is 0 Å². The van der Waals surface area contributed by atoms with Crippen molar-refractivity contribution in [1.82, 2.24) is 9.80 Å². The Morgan fingerprint density at radius 1 is 1.12 bits per heavy atom. The van der Waals surface area contributed by atoms with E-state index in [9.17, 15) is 9.59 Å². The lowest BCUT2D eigenvalue weighted by molar-refractivity contribution is -0.132. The Kier molecular flexibility index (Phi) is 7.11. The molecule has 0 bridgehead atoms. The van der Waals surface area contributed by atoms with Crippen LogP contribution in [0.5, 0.6) is 11.5 Å². The van der Waals surface area contributed by atoms with Crippen molar-refractivity contribution in [3.63, 3.8) is 0 Å². The average Bonchev–Trinajstić information content (AvgIpc) is 2.65. The van der Waals surface area contributed by atoms with Gasteiger partial charge in [-0.1, -0.05) is 18.5 Å². The van der Waals surface area contributed by atoms with Gasteiger partial charge in [0.1, 0.15) is 18.0 Å². The second-order valence-corrected chi connectivity index (χ2v) is 6.49. The first-order chi connectivity index (χ1) is 12.4. The number of hydrogen-bond donors (Lipinski definition) is 0. The molecular weight excluding hydrogens is 358 g/mol. The number of rotatable bonds is 6. The van der Waals surface area contributed by atoms with Crippen molar-refractivity contribution in [3.05, 3.63) is 17.2 Å². The van der Waals surface area contributed by atoms with Crippen molar-refractivity contribution in [2.45, 2.75) is 13.8 Å². The third-order valence-corrected chi connectivity index (χ3v) is 4.89. The molecule has 1 aliphatic heterocycles. The molecule has 26 heavy (non-hydrogen) atoms. The zero-order chi connectivity index (χ0) is 19.3. The number of benzene rings is 1. The fraction of sp³-hybridized carbons (Fsp3) is 0.556. The summed E-state index contributed by atoms with van der Waals surface area (Å²) in [6.07, 6.45) is 0. The molecule has 8 heteroatoms. The monoisotopic (exact) mass is 383 g/mol. The molecule has 1 aromatic carbocycles. The van der Waals surface area contributed by atoms with Crippen LogP contribution < -0.4 is 14.4 Å².